The lowest BCUT2D eigenvalue weighted by Gasteiger charge is -2.40. The minimum atomic E-state index is -0.377. The topological polar surface area (TPSA) is 32.7 Å². The molecule has 1 aromatic carbocycles. The fraction of sp³-hybridized carbons (Fsp3) is 0.600. The third-order valence-electron chi connectivity index (χ3n) is 4.29. The van der Waals surface area contributed by atoms with Crippen molar-refractivity contribution >= 4 is 0 Å². The van der Waals surface area contributed by atoms with Crippen molar-refractivity contribution in [3.8, 4) is 5.75 Å². The third kappa shape index (κ3) is 2.13. The summed E-state index contributed by atoms with van der Waals surface area (Å²) >= 11 is 0. The van der Waals surface area contributed by atoms with Gasteiger partial charge in [0.1, 0.15) is 11.4 Å². The molecule has 0 amide bonds. The van der Waals surface area contributed by atoms with Crippen molar-refractivity contribution in [3.05, 3.63) is 29.8 Å². The van der Waals surface area contributed by atoms with Crippen LogP contribution in [0.5, 0.6) is 5.75 Å². The molecule has 2 aliphatic heterocycles. The Morgan fingerprint density at radius 1 is 1.28 bits per heavy atom. The van der Waals surface area contributed by atoms with Crippen LogP contribution in [-0.2, 0) is 0 Å². The minimum absolute atomic E-state index is 0.154. The maximum atomic E-state index is 10.3. The lowest BCUT2D eigenvalue weighted by atomic mass is 9.83. The van der Waals surface area contributed by atoms with Crippen molar-refractivity contribution in [2.75, 3.05) is 20.1 Å². The lowest BCUT2D eigenvalue weighted by molar-refractivity contribution is -0.0235. The smallest absolute Gasteiger partial charge is 0.125 e. The highest BCUT2D eigenvalue weighted by molar-refractivity contribution is 5.38. The van der Waals surface area contributed by atoms with Gasteiger partial charge in [-0.05, 0) is 38.9 Å². The zero-order chi connectivity index (χ0) is 12.6. The van der Waals surface area contributed by atoms with E-state index in [9.17, 15) is 5.11 Å². The Kier molecular flexibility index (Phi) is 3.04. The molecular weight excluding hydrogens is 226 g/mol. The predicted octanol–water partition coefficient (Wildman–Crippen LogP) is 2.36. The van der Waals surface area contributed by atoms with E-state index in [0.717, 1.165) is 50.1 Å². The highest BCUT2D eigenvalue weighted by Crippen LogP contribution is 2.43. The lowest BCUT2D eigenvalue weighted by Crippen LogP contribution is -2.41. The highest BCUT2D eigenvalue weighted by atomic mass is 16.5. The summed E-state index contributed by atoms with van der Waals surface area (Å²) in [5.41, 5.74) is 0.791. The SMILES string of the molecule is CN1CCCC2(CC1)C[C@H](O)c1ccccc1O2. The Balaban J connectivity index is 1.88. The second-order valence-corrected chi connectivity index (χ2v) is 5.70. The van der Waals surface area contributed by atoms with Crippen LogP contribution in [0, 0.1) is 0 Å². The van der Waals surface area contributed by atoms with E-state index in [2.05, 4.69) is 11.9 Å². The molecule has 0 saturated carbocycles. The molecule has 3 rings (SSSR count). The quantitative estimate of drug-likeness (QED) is 0.764. The van der Waals surface area contributed by atoms with Crippen LogP contribution in [0.25, 0.3) is 0 Å². The van der Waals surface area contributed by atoms with Crippen LogP contribution in [0.2, 0.25) is 0 Å². The molecule has 18 heavy (non-hydrogen) atoms. The summed E-state index contributed by atoms with van der Waals surface area (Å²) in [6.07, 6.45) is 3.55. The summed E-state index contributed by atoms with van der Waals surface area (Å²) in [6.45, 7) is 2.18. The number of hydrogen-bond acceptors (Lipinski definition) is 3. The molecule has 1 N–H and O–H groups in total. The Bertz CT molecular complexity index is 434. The van der Waals surface area contributed by atoms with Gasteiger partial charge in [-0.15, -0.1) is 0 Å². The number of aliphatic hydroxyl groups excluding tert-OH is 1. The van der Waals surface area contributed by atoms with Gasteiger partial charge in [-0.25, -0.2) is 0 Å². The summed E-state index contributed by atoms with van der Waals surface area (Å²) in [6, 6.07) is 7.89. The standard InChI is InChI=1S/C15H21NO2/c1-16-9-4-7-15(8-10-16)11-13(17)12-5-2-3-6-14(12)18-15/h2-3,5-6,13,17H,4,7-11H2,1H3/t13-,15?/m0/s1. The van der Waals surface area contributed by atoms with E-state index in [4.69, 9.17) is 4.74 Å². The molecule has 0 radical (unpaired) electrons. The van der Waals surface area contributed by atoms with Crippen LogP contribution < -0.4 is 4.74 Å². The van der Waals surface area contributed by atoms with E-state index < -0.39 is 0 Å². The molecule has 1 aromatic rings. The van der Waals surface area contributed by atoms with Gasteiger partial charge in [0.05, 0.1) is 6.10 Å². The van der Waals surface area contributed by atoms with Gasteiger partial charge in [0.2, 0.25) is 0 Å². The van der Waals surface area contributed by atoms with Gasteiger partial charge in [0.25, 0.3) is 0 Å². The summed E-state index contributed by atoms with van der Waals surface area (Å²) in [4.78, 5) is 2.35. The van der Waals surface area contributed by atoms with E-state index in [1.54, 1.807) is 0 Å². The number of benzene rings is 1. The Morgan fingerprint density at radius 2 is 2.11 bits per heavy atom. The average Bonchev–Trinajstić information content (AvgIpc) is 2.53. The highest BCUT2D eigenvalue weighted by Gasteiger charge is 2.40. The molecule has 2 atom stereocenters. The second kappa shape index (κ2) is 4.56. The molecule has 2 heterocycles. The summed E-state index contributed by atoms with van der Waals surface area (Å²) in [5, 5.41) is 10.3. The van der Waals surface area contributed by atoms with E-state index in [1.165, 1.54) is 0 Å². The molecule has 1 fully saturated rings. The van der Waals surface area contributed by atoms with Crippen molar-refractivity contribution in [1.29, 1.82) is 0 Å². The fourth-order valence-corrected chi connectivity index (χ4v) is 3.19. The number of rotatable bonds is 0. The molecule has 0 aromatic heterocycles. The normalized spacial score (nSPS) is 32.7. The van der Waals surface area contributed by atoms with E-state index in [-0.39, 0.29) is 11.7 Å². The number of hydrogen-bond donors (Lipinski definition) is 1. The van der Waals surface area contributed by atoms with Gasteiger partial charge >= 0.3 is 0 Å². The van der Waals surface area contributed by atoms with Gasteiger partial charge in [-0.1, -0.05) is 18.2 Å². The molecule has 0 bridgehead atoms. The molecule has 2 aliphatic rings. The molecular formula is C15H21NO2. The van der Waals surface area contributed by atoms with Crippen molar-refractivity contribution in [2.45, 2.75) is 37.4 Å². The zero-order valence-electron chi connectivity index (χ0n) is 10.9. The first kappa shape index (κ1) is 12.0. The van der Waals surface area contributed by atoms with Gasteiger partial charge < -0.3 is 14.7 Å². The largest absolute Gasteiger partial charge is 0.487 e. The number of fused-ring (bicyclic) bond motifs is 1. The van der Waals surface area contributed by atoms with Crippen molar-refractivity contribution in [1.82, 2.24) is 4.90 Å². The molecule has 0 aliphatic carbocycles. The van der Waals surface area contributed by atoms with Gasteiger partial charge in [0.15, 0.2) is 0 Å². The number of para-hydroxylation sites is 1. The monoisotopic (exact) mass is 247 g/mol. The first-order valence-electron chi connectivity index (χ1n) is 6.83. The Labute approximate surface area is 108 Å². The minimum Gasteiger partial charge on any atom is -0.487 e. The van der Waals surface area contributed by atoms with Crippen molar-refractivity contribution in [3.63, 3.8) is 0 Å². The van der Waals surface area contributed by atoms with E-state index >= 15 is 0 Å². The van der Waals surface area contributed by atoms with Crippen LogP contribution in [-0.4, -0.2) is 35.7 Å². The van der Waals surface area contributed by atoms with Crippen molar-refractivity contribution < 1.29 is 9.84 Å². The van der Waals surface area contributed by atoms with Crippen LogP contribution in [0.4, 0.5) is 0 Å². The zero-order valence-corrected chi connectivity index (χ0v) is 10.9. The maximum Gasteiger partial charge on any atom is 0.125 e. The van der Waals surface area contributed by atoms with Gasteiger partial charge in [0, 0.05) is 18.5 Å². The number of ether oxygens (including phenoxy) is 1. The van der Waals surface area contributed by atoms with Gasteiger partial charge in [-0.3, -0.25) is 0 Å². The maximum absolute atomic E-state index is 10.3. The molecule has 3 heteroatoms. The first-order valence-corrected chi connectivity index (χ1v) is 6.83. The summed E-state index contributed by atoms with van der Waals surface area (Å²) < 4.78 is 6.27. The van der Waals surface area contributed by atoms with Crippen LogP contribution in [0.3, 0.4) is 0 Å². The number of aliphatic hydroxyl groups is 1. The van der Waals surface area contributed by atoms with Crippen LogP contribution in [0.15, 0.2) is 24.3 Å². The number of nitrogens with zero attached hydrogens (tertiary/aromatic N) is 1. The third-order valence-corrected chi connectivity index (χ3v) is 4.29. The summed E-state index contributed by atoms with van der Waals surface area (Å²) in [7, 11) is 2.16. The summed E-state index contributed by atoms with van der Waals surface area (Å²) in [5.74, 6) is 0.876. The van der Waals surface area contributed by atoms with Gasteiger partial charge in [-0.2, -0.15) is 0 Å². The van der Waals surface area contributed by atoms with Crippen molar-refractivity contribution in [2.24, 2.45) is 0 Å². The predicted molar refractivity (Wildman–Crippen MR) is 70.7 cm³/mol. The average molecular weight is 247 g/mol. The first-order chi connectivity index (χ1) is 8.69. The molecule has 98 valence electrons. The van der Waals surface area contributed by atoms with E-state index in [1.807, 2.05) is 24.3 Å². The molecule has 1 unspecified atom stereocenters. The Morgan fingerprint density at radius 3 is 3.00 bits per heavy atom. The van der Waals surface area contributed by atoms with E-state index in [0.29, 0.717) is 0 Å². The Hall–Kier alpha value is -1.06. The molecule has 1 spiro atoms. The molecule has 3 nitrogen and oxygen atoms in total. The van der Waals surface area contributed by atoms with Crippen LogP contribution in [0.1, 0.15) is 37.4 Å². The molecule has 1 saturated heterocycles. The number of likely N-dealkylation sites (tertiary alicyclic amines) is 1. The van der Waals surface area contributed by atoms with Crippen LogP contribution >= 0.6 is 0 Å². The fourth-order valence-electron chi connectivity index (χ4n) is 3.19. The second-order valence-electron chi connectivity index (χ2n) is 5.70.